The van der Waals surface area contributed by atoms with Gasteiger partial charge in [0.15, 0.2) is 0 Å². The molecule has 0 radical (unpaired) electrons. The Morgan fingerprint density at radius 1 is 1.00 bits per heavy atom. The fourth-order valence-electron chi connectivity index (χ4n) is 4.76. The molecule has 6 nitrogen and oxygen atoms in total. The van der Waals surface area contributed by atoms with Crippen molar-refractivity contribution in [2.45, 2.75) is 58.8 Å². The average molecular weight is 410 g/mol. The van der Waals surface area contributed by atoms with Crippen molar-refractivity contribution in [3.05, 3.63) is 53.6 Å². The lowest BCUT2D eigenvalue weighted by Crippen LogP contribution is -2.54. The molecular formula is C24H35N5O. The van der Waals surface area contributed by atoms with E-state index in [0.717, 1.165) is 57.1 Å². The molecule has 0 saturated carbocycles. The second-order valence-electron chi connectivity index (χ2n) is 9.14. The molecule has 0 bridgehead atoms. The molecule has 30 heavy (non-hydrogen) atoms. The molecule has 1 fully saturated rings. The Morgan fingerprint density at radius 3 is 2.33 bits per heavy atom. The average Bonchev–Trinajstić information content (AvgIpc) is 3.18. The normalized spacial score (nSPS) is 20.7. The lowest BCUT2D eigenvalue weighted by Gasteiger charge is -2.42. The van der Waals surface area contributed by atoms with Crippen molar-refractivity contribution in [2.24, 2.45) is 0 Å². The van der Waals surface area contributed by atoms with Crippen LogP contribution >= 0.6 is 0 Å². The maximum Gasteiger partial charge on any atom is 0.246 e. The largest absolute Gasteiger partial charge is 0.338 e. The standard InChI is InChI=1S/C24H35N5O/c1-18(2)26-12-14-27(15-13-26)24(30)23-22-21(25-17-29(22)19(3)4)10-11-28(23)16-20-8-6-5-7-9-20/h5-9,17-19,23H,10-16H2,1-4H3/t23-/m1/s1. The molecule has 0 N–H and O–H groups in total. The molecule has 1 aromatic carbocycles. The fraction of sp³-hybridized carbons (Fsp3) is 0.583. The molecule has 0 unspecified atom stereocenters. The van der Waals surface area contributed by atoms with Crippen LogP contribution in [0.15, 0.2) is 36.7 Å². The van der Waals surface area contributed by atoms with Gasteiger partial charge in [-0.3, -0.25) is 14.6 Å². The van der Waals surface area contributed by atoms with Crippen molar-refractivity contribution in [3.8, 4) is 0 Å². The molecule has 0 spiro atoms. The van der Waals surface area contributed by atoms with Crippen molar-refractivity contribution in [3.63, 3.8) is 0 Å². The number of carbonyl (C=O) groups is 1. The van der Waals surface area contributed by atoms with E-state index in [1.54, 1.807) is 0 Å². The van der Waals surface area contributed by atoms with Gasteiger partial charge in [-0.15, -0.1) is 0 Å². The Hall–Kier alpha value is -2.18. The van der Waals surface area contributed by atoms with E-state index < -0.39 is 0 Å². The van der Waals surface area contributed by atoms with Crippen LogP contribution in [0.3, 0.4) is 0 Å². The molecular weight excluding hydrogens is 374 g/mol. The van der Waals surface area contributed by atoms with Crippen molar-refractivity contribution >= 4 is 5.91 Å². The number of hydrogen-bond acceptors (Lipinski definition) is 4. The number of nitrogens with zero attached hydrogens (tertiary/aromatic N) is 5. The van der Waals surface area contributed by atoms with Crippen LogP contribution in [0.5, 0.6) is 0 Å². The number of carbonyl (C=O) groups excluding carboxylic acids is 1. The van der Waals surface area contributed by atoms with Gasteiger partial charge in [0.05, 0.1) is 17.7 Å². The SMILES string of the molecule is CC(C)N1CCN(C(=O)[C@H]2c3c(ncn3C(C)C)CCN2Cc2ccccc2)CC1. The Balaban J connectivity index is 1.63. The maximum absolute atomic E-state index is 13.9. The van der Waals surface area contributed by atoms with E-state index in [4.69, 9.17) is 0 Å². The molecule has 1 atom stereocenters. The highest BCUT2D eigenvalue weighted by molar-refractivity contribution is 5.83. The Morgan fingerprint density at radius 2 is 1.70 bits per heavy atom. The number of amides is 1. The third-order valence-electron chi connectivity index (χ3n) is 6.55. The van der Waals surface area contributed by atoms with Gasteiger partial charge in [0.1, 0.15) is 6.04 Å². The van der Waals surface area contributed by atoms with Crippen LogP contribution in [0.25, 0.3) is 0 Å². The third-order valence-corrected chi connectivity index (χ3v) is 6.55. The molecule has 4 rings (SSSR count). The Labute approximate surface area is 180 Å². The zero-order valence-electron chi connectivity index (χ0n) is 18.8. The monoisotopic (exact) mass is 409 g/mol. The van der Waals surface area contributed by atoms with Gasteiger partial charge in [-0.05, 0) is 33.3 Å². The number of imidazole rings is 1. The van der Waals surface area contributed by atoms with Crippen molar-refractivity contribution in [1.82, 2.24) is 24.3 Å². The van der Waals surface area contributed by atoms with Crippen LogP contribution in [0.2, 0.25) is 0 Å². The number of rotatable bonds is 5. The second-order valence-corrected chi connectivity index (χ2v) is 9.14. The lowest BCUT2D eigenvalue weighted by molar-refractivity contribution is -0.140. The van der Waals surface area contributed by atoms with Crippen LogP contribution in [-0.4, -0.2) is 68.9 Å². The van der Waals surface area contributed by atoms with E-state index in [0.29, 0.717) is 6.04 Å². The van der Waals surface area contributed by atoms with Crippen molar-refractivity contribution in [1.29, 1.82) is 0 Å². The molecule has 2 aromatic rings. The minimum absolute atomic E-state index is 0.234. The quantitative estimate of drug-likeness (QED) is 0.761. The molecule has 2 aliphatic heterocycles. The minimum Gasteiger partial charge on any atom is -0.338 e. The van der Waals surface area contributed by atoms with Gasteiger partial charge in [0, 0.05) is 57.8 Å². The van der Waals surface area contributed by atoms with Gasteiger partial charge in [0.2, 0.25) is 5.91 Å². The first-order chi connectivity index (χ1) is 14.5. The van der Waals surface area contributed by atoms with Crippen molar-refractivity contribution in [2.75, 3.05) is 32.7 Å². The molecule has 162 valence electrons. The van der Waals surface area contributed by atoms with Gasteiger partial charge in [-0.2, -0.15) is 0 Å². The maximum atomic E-state index is 13.9. The summed E-state index contributed by atoms with van der Waals surface area (Å²) in [6, 6.07) is 11.0. The Kier molecular flexibility index (Phi) is 6.25. The zero-order chi connectivity index (χ0) is 21.3. The van der Waals surface area contributed by atoms with E-state index >= 15 is 0 Å². The highest BCUT2D eigenvalue weighted by Gasteiger charge is 2.39. The van der Waals surface area contributed by atoms with Crippen molar-refractivity contribution < 1.29 is 4.79 Å². The van der Waals surface area contributed by atoms with E-state index in [1.165, 1.54) is 5.56 Å². The molecule has 3 heterocycles. The van der Waals surface area contributed by atoms with Gasteiger partial charge in [-0.25, -0.2) is 4.98 Å². The van der Waals surface area contributed by atoms with E-state index in [2.05, 4.69) is 76.2 Å². The predicted molar refractivity (Wildman–Crippen MR) is 119 cm³/mol. The summed E-state index contributed by atoms with van der Waals surface area (Å²) in [7, 11) is 0. The van der Waals surface area contributed by atoms with E-state index in [-0.39, 0.29) is 18.0 Å². The summed E-state index contributed by atoms with van der Waals surface area (Å²) in [6.07, 6.45) is 2.82. The first kappa shape index (κ1) is 21.1. The summed E-state index contributed by atoms with van der Waals surface area (Å²) in [4.78, 5) is 25.5. The van der Waals surface area contributed by atoms with Crippen LogP contribution in [0.4, 0.5) is 0 Å². The summed E-state index contributed by atoms with van der Waals surface area (Å²) < 4.78 is 2.21. The predicted octanol–water partition coefficient (Wildman–Crippen LogP) is 3.12. The van der Waals surface area contributed by atoms with Crippen LogP contribution < -0.4 is 0 Å². The number of benzene rings is 1. The first-order valence-corrected chi connectivity index (χ1v) is 11.3. The zero-order valence-corrected chi connectivity index (χ0v) is 18.8. The number of aromatic nitrogens is 2. The number of fused-ring (bicyclic) bond motifs is 1. The van der Waals surface area contributed by atoms with Gasteiger partial charge < -0.3 is 9.47 Å². The highest BCUT2D eigenvalue weighted by Crippen LogP contribution is 2.34. The topological polar surface area (TPSA) is 44.6 Å². The van der Waals surface area contributed by atoms with E-state index in [9.17, 15) is 4.79 Å². The lowest BCUT2D eigenvalue weighted by atomic mass is 9.99. The fourth-order valence-corrected chi connectivity index (χ4v) is 4.76. The molecule has 1 aromatic heterocycles. The number of hydrogen-bond donors (Lipinski definition) is 0. The smallest absolute Gasteiger partial charge is 0.246 e. The Bertz CT molecular complexity index is 852. The molecule has 6 heteroatoms. The van der Waals surface area contributed by atoms with Crippen LogP contribution in [0.1, 0.15) is 56.7 Å². The van der Waals surface area contributed by atoms with Crippen LogP contribution in [-0.2, 0) is 17.8 Å². The van der Waals surface area contributed by atoms with Gasteiger partial charge in [-0.1, -0.05) is 30.3 Å². The molecule has 1 saturated heterocycles. The second kappa shape index (κ2) is 8.90. The summed E-state index contributed by atoms with van der Waals surface area (Å²) in [5, 5.41) is 0. The van der Waals surface area contributed by atoms with E-state index in [1.807, 2.05) is 12.4 Å². The summed E-state index contributed by atoms with van der Waals surface area (Å²) in [5.74, 6) is 0.234. The number of piperazine rings is 1. The molecule has 0 aliphatic carbocycles. The molecule has 1 amide bonds. The van der Waals surface area contributed by atoms with Crippen LogP contribution in [0, 0.1) is 0 Å². The minimum atomic E-state index is -0.260. The van der Waals surface area contributed by atoms with Gasteiger partial charge in [0.25, 0.3) is 0 Å². The highest BCUT2D eigenvalue weighted by atomic mass is 16.2. The molecule has 2 aliphatic rings. The first-order valence-electron chi connectivity index (χ1n) is 11.3. The summed E-state index contributed by atoms with van der Waals surface area (Å²) in [6.45, 7) is 13.9. The van der Waals surface area contributed by atoms with Gasteiger partial charge >= 0.3 is 0 Å². The third kappa shape index (κ3) is 4.16. The summed E-state index contributed by atoms with van der Waals surface area (Å²) >= 11 is 0. The summed E-state index contributed by atoms with van der Waals surface area (Å²) in [5.41, 5.74) is 3.44.